The number of nitrogens with one attached hydrogen (secondary N) is 1. The Morgan fingerprint density at radius 1 is 1.22 bits per heavy atom. The van der Waals surface area contributed by atoms with E-state index in [2.05, 4.69) is 17.2 Å². The molecule has 23 heavy (non-hydrogen) atoms. The van der Waals surface area contributed by atoms with Crippen LogP contribution in [0.2, 0.25) is 0 Å². The SMILES string of the molecule is CCC(NC(=O)c1cn(C)c2ccccc12)c1cccc(C)n1. The van der Waals surface area contributed by atoms with Crippen LogP contribution in [0.4, 0.5) is 0 Å². The number of aryl methyl sites for hydroxylation is 2. The fourth-order valence-corrected chi connectivity index (χ4v) is 2.90. The number of fused-ring (bicyclic) bond motifs is 1. The van der Waals surface area contributed by atoms with Gasteiger partial charge in [-0.05, 0) is 31.5 Å². The van der Waals surface area contributed by atoms with Gasteiger partial charge >= 0.3 is 0 Å². The molecule has 0 radical (unpaired) electrons. The number of carbonyl (C=O) groups is 1. The smallest absolute Gasteiger partial charge is 0.253 e. The fourth-order valence-electron chi connectivity index (χ4n) is 2.90. The first-order chi connectivity index (χ1) is 11.1. The number of para-hydroxylation sites is 1. The second kappa shape index (κ2) is 6.24. The molecular weight excluding hydrogens is 286 g/mol. The molecule has 1 N–H and O–H groups in total. The summed E-state index contributed by atoms with van der Waals surface area (Å²) < 4.78 is 1.98. The van der Waals surface area contributed by atoms with Crippen LogP contribution in [0.3, 0.4) is 0 Å². The molecular formula is C19H21N3O. The fraction of sp³-hybridized carbons (Fsp3) is 0.263. The summed E-state index contributed by atoms with van der Waals surface area (Å²) in [6.07, 6.45) is 2.68. The minimum absolute atomic E-state index is 0.0584. The van der Waals surface area contributed by atoms with Gasteiger partial charge in [0.05, 0.1) is 17.3 Å². The lowest BCUT2D eigenvalue weighted by molar-refractivity contribution is 0.0936. The summed E-state index contributed by atoms with van der Waals surface area (Å²) in [5.74, 6) is -0.0584. The van der Waals surface area contributed by atoms with Gasteiger partial charge in [-0.2, -0.15) is 0 Å². The Morgan fingerprint density at radius 3 is 2.74 bits per heavy atom. The molecule has 0 saturated heterocycles. The summed E-state index contributed by atoms with van der Waals surface area (Å²) in [5, 5.41) is 4.09. The molecule has 0 fully saturated rings. The maximum absolute atomic E-state index is 12.7. The van der Waals surface area contributed by atoms with Gasteiger partial charge in [-0.15, -0.1) is 0 Å². The molecule has 2 heterocycles. The summed E-state index contributed by atoms with van der Waals surface area (Å²) in [7, 11) is 1.96. The van der Waals surface area contributed by atoms with Crippen molar-refractivity contribution in [2.45, 2.75) is 26.3 Å². The van der Waals surface area contributed by atoms with E-state index < -0.39 is 0 Å². The highest BCUT2D eigenvalue weighted by Crippen LogP contribution is 2.22. The molecule has 4 nitrogen and oxygen atoms in total. The molecule has 0 aliphatic rings. The average molecular weight is 307 g/mol. The first kappa shape index (κ1) is 15.3. The molecule has 1 atom stereocenters. The maximum atomic E-state index is 12.7. The lowest BCUT2D eigenvalue weighted by atomic mass is 10.1. The Hall–Kier alpha value is -2.62. The predicted octanol–water partition coefficient (Wildman–Crippen LogP) is 3.76. The molecule has 4 heteroatoms. The van der Waals surface area contributed by atoms with E-state index in [9.17, 15) is 4.79 Å². The van der Waals surface area contributed by atoms with E-state index in [1.165, 1.54) is 0 Å². The summed E-state index contributed by atoms with van der Waals surface area (Å²) >= 11 is 0. The first-order valence-electron chi connectivity index (χ1n) is 7.88. The Balaban J connectivity index is 1.90. The van der Waals surface area contributed by atoms with Crippen LogP contribution in [0.25, 0.3) is 10.9 Å². The van der Waals surface area contributed by atoms with Gasteiger partial charge in [-0.25, -0.2) is 0 Å². The number of benzene rings is 1. The number of amides is 1. The zero-order valence-electron chi connectivity index (χ0n) is 13.7. The lowest BCUT2D eigenvalue weighted by Crippen LogP contribution is -2.28. The third kappa shape index (κ3) is 2.97. The first-order valence-corrected chi connectivity index (χ1v) is 7.88. The molecule has 1 aromatic carbocycles. The second-order valence-corrected chi connectivity index (χ2v) is 5.81. The van der Waals surface area contributed by atoms with Gasteiger partial charge in [0.1, 0.15) is 0 Å². The monoisotopic (exact) mass is 307 g/mol. The molecule has 0 bridgehead atoms. The van der Waals surface area contributed by atoms with Crippen molar-refractivity contribution in [3.05, 3.63) is 65.6 Å². The molecule has 3 aromatic rings. The Bertz CT molecular complexity index is 851. The molecule has 118 valence electrons. The third-order valence-corrected chi connectivity index (χ3v) is 4.12. The van der Waals surface area contributed by atoms with E-state index in [1.807, 2.05) is 67.2 Å². The van der Waals surface area contributed by atoms with Crippen LogP contribution >= 0.6 is 0 Å². The van der Waals surface area contributed by atoms with Crippen LogP contribution in [0, 0.1) is 6.92 Å². The van der Waals surface area contributed by atoms with Crippen LogP contribution in [0.15, 0.2) is 48.7 Å². The standard InChI is InChI=1S/C19H21N3O/c1-4-16(17-10-7-8-13(2)20-17)21-19(23)15-12-22(3)18-11-6-5-9-14(15)18/h5-12,16H,4H2,1-3H3,(H,21,23). The van der Waals surface area contributed by atoms with E-state index in [4.69, 9.17) is 0 Å². The van der Waals surface area contributed by atoms with Crippen molar-refractivity contribution in [2.24, 2.45) is 7.05 Å². The minimum Gasteiger partial charge on any atom is -0.350 e. The van der Waals surface area contributed by atoms with Crippen LogP contribution in [-0.4, -0.2) is 15.5 Å². The Labute approximate surface area is 136 Å². The van der Waals surface area contributed by atoms with Crippen LogP contribution < -0.4 is 5.32 Å². The highest BCUT2D eigenvalue weighted by atomic mass is 16.1. The van der Waals surface area contributed by atoms with Crippen LogP contribution in [0.5, 0.6) is 0 Å². The maximum Gasteiger partial charge on any atom is 0.253 e. The van der Waals surface area contributed by atoms with Crippen molar-refractivity contribution in [3.8, 4) is 0 Å². The van der Waals surface area contributed by atoms with E-state index in [0.717, 1.165) is 28.7 Å². The molecule has 3 rings (SSSR count). The zero-order valence-corrected chi connectivity index (χ0v) is 13.7. The van der Waals surface area contributed by atoms with Crippen molar-refractivity contribution in [2.75, 3.05) is 0 Å². The normalized spacial score (nSPS) is 12.3. The molecule has 1 amide bonds. The lowest BCUT2D eigenvalue weighted by Gasteiger charge is -2.16. The topological polar surface area (TPSA) is 46.9 Å². The molecule has 0 aliphatic heterocycles. The number of rotatable bonds is 4. The Kier molecular flexibility index (Phi) is 4.15. The van der Waals surface area contributed by atoms with Crippen molar-refractivity contribution in [3.63, 3.8) is 0 Å². The van der Waals surface area contributed by atoms with Gasteiger partial charge in [-0.3, -0.25) is 9.78 Å². The largest absolute Gasteiger partial charge is 0.350 e. The van der Waals surface area contributed by atoms with Crippen molar-refractivity contribution < 1.29 is 4.79 Å². The van der Waals surface area contributed by atoms with Gasteiger partial charge < -0.3 is 9.88 Å². The number of pyridine rings is 1. The van der Waals surface area contributed by atoms with E-state index in [1.54, 1.807) is 0 Å². The van der Waals surface area contributed by atoms with E-state index in [0.29, 0.717) is 5.56 Å². The number of hydrogen-bond donors (Lipinski definition) is 1. The molecule has 0 saturated carbocycles. The Morgan fingerprint density at radius 2 is 2.00 bits per heavy atom. The molecule has 0 aliphatic carbocycles. The number of carbonyl (C=O) groups excluding carboxylic acids is 1. The average Bonchev–Trinajstić information content (AvgIpc) is 2.90. The number of hydrogen-bond acceptors (Lipinski definition) is 2. The van der Waals surface area contributed by atoms with Crippen LogP contribution in [0.1, 0.15) is 41.1 Å². The summed E-state index contributed by atoms with van der Waals surface area (Å²) in [6.45, 7) is 4.01. The molecule has 0 spiro atoms. The van der Waals surface area contributed by atoms with E-state index >= 15 is 0 Å². The van der Waals surface area contributed by atoms with Crippen molar-refractivity contribution in [1.29, 1.82) is 0 Å². The second-order valence-electron chi connectivity index (χ2n) is 5.81. The highest BCUT2D eigenvalue weighted by molar-refractivity contribution is 6.07. The van der Waals surface area contributed by atoms with Gasteiger partial charge in [0.25, 0.3) is 5.91 Å². The number of nitrogens with zero attached hydrogens (tertiary/aromatic N) is 2. The predicted molar refractivity (Wildman–Crippen MR) is 92.4 cm³/mol. The van der Waals surface area contributed by atoms with Crippen LogP contribution in [-0.2, 0) is 7.05 Å². The van der Waals surface area contributed by atoms with Crippen molar-refractivity contribution in [1.82, 2.24) is 14.9 Å². The summed E-state index contributed by atoms with van der Waals surface area (Å²) in [4.78, 5) is 17.3. The van der Waals surface area contributed by atoms with Gasteiger partial charge in [0, 0.05) is 29.8 Å². The quantitative estimate of drug-likeness (QED) is 0.797. The third-order valence-electron chi connectivity index (χ3n) is 4.12. The van der Waals surface area contributed by atoms with E-state index in [-0.39, 0.29) is 11.9 Å². The highest BCUT2D eigenvalue weighted by Gasteiger charge is 2.18. The molecule has 2 aromatic heterocycles. The minimum atomic E-state index is -0.0821. The van der Waals surface area contributed by atoms with Gasteiger partial charge in [0.2, 0.25) is 0 Å². The summed E-state index contributed by atoms with van der Waals surface area (Å²) in [5.41, 5.74) is 3.62. The molecule has 1 unspecified atom stereocenters. The van der Waals surface area contributed by atoms with Gasteiger partial charge in [0.15, 0.2) is 0 Å². The number of aromatic nitrogens is 2. The van der Waals surface area contributed by atoms with Crippen molar-refractivity contribution >= 4 is 16.8 Å². The van der Waals surface area contributed by atoms with Gasteiger partial charge in [-0.1, -0.05) is 31.2 Å². The summed E-state index contributed by atoms with van der Waals surface area (Å²) in [6, 6.07) is 13.8. The zero-order chi connectivity index (χ0) is 16.4.